The first-order valence-corrected chi connectivity index (χ1v) is 12.9. The van der Waals surface area contributed by atoms with E-state index < -0.39 is 0 Å². The highest BCUT2D eigenvalue weighted by atomic mass is 32.2. The highest BCUT2D eigenvalue weighted by molar-refractivity contribution is 8.03. The lowest BCUT2D eigenvalue weighted by atomic mass is 10.2. The fraction of sp³-hybridized carbons (Fsp3) is 0.273. The molecule has 0 atom stereocenters. The van der Waals surface area contributed by atoms with Crippen LogP contribution in [0.2, 0.25) is 0 Å². The Balaban J connectivity index is 1.43. The number of rotatable bonds is 11. The lowest BCUT2D eigenvalue weighted by Crippen LogP contribution is -2.21. The van der Waals surface area contributed by atoms with Crippen LogP contribution < -0.4 is 10.3 Å². The van der Waals surface area contributed by atoms with Gasteiger partial charge in [0.05, 0.1) is 12.0 Å². The number of nitrogens with zero attached hydrogens (tertiary/aromatic N) is 4. The molecule has 1 amide bonds. The van der Waals surface area contributed by atoms with Gasteiger partial charge in [-0.25, -0.2) is 5.43 Å². The standard InChI is InChI=1S/C22H25N5O2S3/c1-3-27(4-2)18-11-10-17(19(28)12-18)13-23-24-20(29)15-31-22-26-25-21(32-22)30-14-16-8-6-5-7-9-16/h5-13,28H,3-4,14-15H2,1-2H3,(H,24,29)/b23-13+. The number of amides is 1. The number of hydrogen-bond acceptors (Lipinski definition) is 9. The van der Waals surface area contributed by atoms with Crippen LogP contribution in [0.15, 0.2) is 62.3 Å². The molecule has 0 fully saturated rings. The number of aromatic nitrogens is 2. The first kappa shape index (κ1) is 24.1. The van der Waals surface area contributed by atoms with Crippen molar-refractivity contribution >= 4 is 52.7 Å². The number of anilines is 1. The molecule has 168 valence electrons. The van der Waals surface area contributed by atoms with Crippen molar-refractivity contribution in [3.05, 3.63) is 59.7 Å². The van der Waals surface area contributed by atoms with Gasteiger partial charge in [0.1, 0.15) is 5.75 Å². The monoisotopic (exact) mass is 487 g/mol. The number of carbonyl (C=O) groups is 1. The highest BCUT2D eigenvalue weighted by Gasteiger charge is 2.09. The van der Waals surface area contributed by atoms with Gasteiger partial charge in [-0.2, -0.15) is 5.10 Å². The molecule has 2 aromatic carbocycles. The van der Waals surface area contributed by atoms with E-state index in [4.69, 9.17) is 0 Å². The van der Waals surface area contributed by atoms with Gasteiger partial charge >= 0.3 is 0 Å². The normalized spacial score (nSPS) is 11.1. The molecule has 3 rings (SSSR count). The van der Waals surface area contributed by atoms with E-state index in [-0.39, 0.29) is 17.4 Å². The molecular weight excluding hydrogens is 462 g/mol. The van der Waals surface area contributed by atoms with E-state index in [1.54, 1.807) is 23.9 Å². The topological polar surface area (TPSA) is 90.7 Å². The van der Waals surface area contributed by atoms with E-state index in [0.717, 1.165) is 33.2 Å². The average Bonchev–Trinajstić information content (AvgIpc) is 3.27. The number of aromatic hydroxyl groups is 1. The Labute approximate surface area is 200 Å². The van der Waals surface area contributed by atoms with Gasteiger partial charge in [-0.15, -0.1) is 10.2 Å². The SMILES string of the molecule is CCN(CC)c1ccc(/C=N/NC(=O)CSc2nnc(SCc3ccccc3)s2)c(O)c1. The number of phenolic OH excluding ortho intramolecular Hbond substituents is 1. The summed E-state index contributed by atoms with van der Waals surface area (Å²) >= 11 is 4.42. The van der Waals surface area contributed by atoms with Gasteiger partial charge in [0.2, 0.25) is 0 Å². The van der Waals surface area contributed by atoms with Gasteiger partial charge in [-0.3, -0.25) is 4.79 Å². The summed E-state index contributed by atoms with van der Waals surface area (Å²) < 4.78 is 1.61. The zero-order valence-corrected chi connectivity index (χ0v) is 20.3. The van der Waals surface area contributed by atoms with Gasteiger partial charge in [-0.1, -0.05) is 65.2 Å². The van der Waals surface area contributed by atoms with Crippen molar-refractivity contribution < 1.29 is 9.90 Å². The molecule has 0 aliphatic heterocycles. The Morgan fingerprint density at radius 2 is 1.84 bits per heavy atom. The molecule has 0 bridgehead atoms. The third-order valence-electron chi connectivity index (χ3n) is 4.46. The van der Waals surface area contributed by atoms with Gasteiger partial charge in [0, 0.05) is 36.2 Å². The molecule has 0 saturated carbocycles. The van der Waals surface area contributed by atoms with Crippen molar-refractivity contribution in [1.29, 1.82) is 0 Å². The molecular formula is C22H25N5O2S3. The van der Waals surface area contributed by atoms with E-state index in [9.17, 15) is 9.90 Å². The Morgan fingerprint density at radius 1 is 1.12 bits per heavy atom. The van der Waals surface area contributed by atoms with Crippen LogP contribution in [-0.2, 0) is 10.5 Å². The van der Waals surface area contributed by atoms with Crippen LogP contribution in [0.25, 0.3) is 0 Å². The van der Waals surface area contributed by atoms with E-state index in [0.29, 0.717) is 5.56 Å². The number of hydrazone groups is 1. The summed E-state index contributed by atoms with van der Waals surface area (Å²) in [4.78, 5) is 14.2. The first-order chi connectivity index (χ1) is 15.6. The fourth-order valence-electron chi connectivity index (χ4n) is 2.79. The maximum atomic E-state index is 12.1. The molecule has 2 N–H and O–H groups in total. The van der Waals surface area contributed by atoms with Crippen molar-refractivity contribution in [2.45, 2.75) is 28.3 Å². The van der Waals surface area contributed by atoms with Crippen LogP contribution in [0, 0.1) is 0 Å². The number of thioether (sulfide) groups is 2. The quantitative estimate of drug-likeness (QED) is 0.232. The van der Waals surface area contributed by atoms with E-state index in [1.807, 2.05) is 24.3 Å². The molecule has 32 heavy (non-hydrogen) atoms. The summed E-state index contributed by atoms with van der Waals surface area (Å²) in [7, 11) is 0. The van der Waals surface area contributed by atoms with Crippen LogP contribution in [0.5, 0.6) is 5.75 Å². The molecule has 0 radical (unpaired) electrons. The molecule has 1 aromatic heterocycles. The zero-order valence-electron chi connectivity index (χ0n) is 17.9. The Hall–Kier alpha value is -2.56. The smallest absolute Gasteiger partial charge is 0.250 e. The van der Waals surface area contributed by atoms with Crippen LogP contribution in [0.4, 0.5) is 5.69 Å². The van der Waals surface area contributed by atoms with Gasteiger partial charge in [0.25, 0.3) is 5.91 Å². The second kappa shape index (κ2) is 12.5. The van der Waals surface area contributed by atoms with E-state index >= 15 is 0 Å². The highest BCUT2D eigenvalue weighted by Crippen LogP contribution is 2.30. The molecule has 3 aromatic rings. The molecule has 0 aliphatic carbocycles. The molecule has 7 nitrogen and oxygen atoms in total. The number of phenols is 1. The maximum absolute atomic E-state index is 12.1. The number of hydrogen-bond donors (Lipinski definition) is 2. The number of nitrogens with one attached hydrogen (secondary N) is 1. The van der Waals surface area contributed by atoms with Gasteiger partial charge < -0.3 is 10.0 Å². The number of carbonyl (C=O) groups excluding carboxylic acids is 1. The summed E-state index contributed by atoms with van der Waals surface area (Å²) in [5.74, 6) is 0.885. The van der Waals surface area contributed by atoms with Crippen LogP contribution in [0.3, 0.4) is 0 Å². The molecule has 0 unspecified atom stereocenters. The second-order valence-electron chi connectivity index (χ2n) is 6.61. The first-order valence-electron chi connectivity index (χ1n) is 10.1. The Bertz CT molecular complexity index is 1040. The molecule has 10 heteroatoms. The Kier molecular flexibility index (Phi) is 9.39. The third kappa shape index (κ3) is 7.25. The third-order valence-corrected chi connectivity index (χ3v) is 7.72. The minimum absolute atomic E-state index is 0.121. The summed E-state index contributed by atoms with van der Waals surface area (Å²) in [5, 5.41) is 22.5. The molecule has 0 saturated heterocycles. The summed E-state index contributed by atoms with van der Waals surface area (Å²) in [6.07, 6.45) is 1.44. The summed E-state index contributed by atoms with van der Waals surface area (Å²) in [6.45, 7) is 5.85. The summed E-state index contributed by atoms with van der Waals surface area (Å²) in [6, 6.07) is 15.6. The van der Waals surface area contributed by atoms with E-state index in [2.05, 4.69) is 51.6 Å². The molecule has 1 heterocycles. The second-order valence-corrected chi connectivity index (χ2v) is 10.0. The fourth-order valence-corrected chi connectivity index (χ4v) is 5.56. The maximum Gasteiger partial charge on any atom is 0.250 e. The zero-order chi connectivity index (χ0) is 22.8. The molecule has 0 spiro atoms. The van der Waals surface area contributed by atoms with Crippen LogP contribution in [-0.4, -0.2) is 46.3 Å². The van der Waals surface area contributed by atoms with E-state index in [1.165, 1.54) is 34.9 Å². The van der Waals surface area contributed by atoms with Gasteiger partial charge in [0.15, 0.2) is 8.68 Å². The lowest BCUT2D eigenvalue weighted by Gasteiger charge is -2.21. The minimum atomic E-state index is -0.251. The van der Waals surface area contributed by atoms with Crippen molar-refractivity contribution in [1.82, 2.24) is 15.6 Å². The van der Waals surface area contributed by atoms with Crippen molar-refractivity contribution in [2.24, 2.45) is 5.10 Å². The van der Waals surface area contributed by atoms with Crippen molar-refractivity contribution in [2.75, 3.05) is 23.7 Å². The summed E-state index contributed by atoms with van der Waals surface area (Å²) in [5.41, 5.74) is 5.20. The Morgan fingerprint density at radius 3 is 2.53 bits per heavy atom. The average molecular weight is 488 g/mol. The largest absolute Gasteiger partial charge is 0.507 e. The van der Waals surface area contributed by atoms with Crippen LogP contribution >= 0.6 is 34.9 Å². The number of benzene rings is 2. The lowest BCUT2D eigenvalue weighted by molar-refractivity contribution is -0.118. The predicted molar refractivity (Wildman–Crippen MR) is 134 cm³/mol. The minimum Gasteiger partial charge on any atom is -0.507 e. The van der Waals surface area contributed by atoms with Crippen molar-refractivity contribution in [3.63, 3.8) is 0 Å². The molecule has 0 aliphatic rings. The van der Waals surface area contributed by atoms with Gasteiger partial charge in [-0.05, 0) is 31.5 Å². The van der Waals surface area contributed by atoms with Crippen molar-refractivity contribution in [3.8, 4) is 5.75 Å². The predicted octanol–water partition coefficient (Wildman–Crippen LogP) is 4.62. The van der Waals surface area contributed by atoms with Crippen LogP contribution in [0.1, 0.15) is 25.0 Å².